The van der Waals surface area contributed by atoms with E-state index in [1.165, 1.54) is 0 Å². The number of anilines is 1. The highest BCUT2D eigenvalue weighted by Crippen LogP contribution is 2.17. The molecule has 0 heterocycles. The van der Waals surface area contributed by atoms with Gasteiger partial charge in [0.1, 0.15) is 6.07 Å². The lowest BCUT2D eigenvalue weighted by atomic mass is 10.0. The van der Waals surface area contributed by atoms with Gasteiger partial charge in [0.2, 0.25) is 5.91 Å². The molecule has 0 aliphatic carbocycles. The van der Waals surface area contributed by atoms with Crippen molar-refractivity contribution in [3.63, 3.8) is 0 Å². The summed E-state index contributed by atoms with van der Waals surface area (Å²) in [6.07, 6.45) is 0.288. The van der Waals surface area contributed by atoms with Crippen molar-refractivity contribution in [3.8, 4) is 6.07 Å². The molecule has 142 valence electrons. The average molecular weight is 365 g/mol. The maximum atomic E-state index is 12.4. The van der Waals surface area contributed by atoms with E-state index in [4.69, 9.17) is 5.26 Å². The summed E-state index contributed by atoms with van der Waals surface area (Å²) < 4.78 is 0. The number of benzene rings is 2. The number of nitrogens with one attached hydrogen (secondary N) is 1. The van der Waals surface area contributed by atoms with Crippen molar-refractivity contribution < 1.29 is 9.90 Å². The summed E-state index contributed by atoms with van der Waals surface area (Å²) in [7, 11) is 0. The number of nitrogens with zero attached hydrogens (tertiary/aromatic N) is 2. The van der Waals surface area contributed by atoms with E-state index in [0.717, 1.165) is 5.56 Å². The van der Waals surface area contributed by atoms with Gasteiger partial charge in [-0.15, -0.1) is 0 Å². The number of hydrogen-bond donors (Lipinski definition) is 2. The minimum absolute atomic E-state index is 0.0237. The van der Waals surface area contributed by atoms with Gasteiger partial charge in [0, 0.05) is 25.6 Å². The molecular formula is C22H27N3O2. The van der Waals surface area contributed by atoms with Crippen LogP contribution in [0.5, 0.6) is 0 Å². The molecule has 0 saturated carbocycles. The predicted molar refractivity (Wildman–Crippen MR) is 107 cm³/mol. The minimum Gasteiger partial charge on any atom is -0.395 e. The van der Waals surface area contributed by atoms with Crippen LogP contribution in [0.4, 0.5) is 5.69 Å². The van der Waals surface area contributed by atoms with Gasteiger partial charge in [-0.05, 0) is 23.6 Å². The first-order valence-corrected chi connectivity index (χ1v) is 9.23. The van der Waals surface area contributed by atoms with E-state index < -0.39 is 0 Å². The number of nitriles is 1. The van der Waals surface area contributed by atoms with E-state index in [2.05, 4.69) is 30.1 Å². The van der Waals surface area contributed by atoms with Crippen molar-refractivity contribution in [1.82, 2.24) is 4.90 Å². The summed E-state index contributed by atoms with van der Waals surface area (Å²) in [6.45, 7) is 5.39. The van der Waals surface area contributed by atoms with E-state index in [1.807, 2.05) is 30.3 Å². The molecule has 1 amide bonds. The van der Waals surface area contributed by atoms with Gasteiger partial charge in [0.05, 0.1) is 17.9 Å². The Labute approximate surface area is 161 Å². The van der Waals surface area contributed by atoms with Crippen molar-refractivity contribution in [3.05, 3.63) is 65.7 Å². The Bertz CT molecular complexity index is 769. The smallest absolute Gasteiger partial charge is 0.225 e. The van der Waals surface area contributed by atoms with E-state index >= 15 is 0 Å². The number of aliphatic hydroxyl groups excluding tert-OH is 1. The van der Waals surface area contributed by atoms with Crippen molar-refractivity contribution >= 4 is 11.6 Å². The summed E-state index contributed by atoms with van der Waals surface area (Å²) >= 11 is 0. The Morgan fingerprint density at radius 3 is 2.44 bits per heavy atom. The second-order valence-corrected chi connectivity index (χ2v) is 6.91. The van der Waals surface area contributed by atoms with Gasteiger partial charge < -0.3 is 10.4 Å². The van der Waals surface area contributed by atoms with E-state index in [1.54, 1.807) is 24.3 Å². The lowest BCUT2D eigenvalue weighted by Crippen LogP contribution is -2.42. The number of hydrogen-bond acceptors (Lipinski definition) is 4. The second kappa shape index (κ2) is 10.5. The molecule has 2 N–H and O–H groups in total. The molecule has 0 radical (unpaired) electrons. The third kappa shape index (κ3) is 6.21. The van der Waals surface area contributed by atoms with Gasteiger partial charge in [0.25, 0.3) is 0 Å². The van der Waals surface area contributed by atoms with E-state index in [-0.39, 0.29) is 30.9 Å². The Balaban J connectivity index is 2.04. The monoisotopic (exact) mass is 365 g/mol. The third-order valence-electron chi connectivity index (χ3n) is 4.60. The van der Waals surface area contributed by atoms with Crippen LogP contribution >= 0.6 is 0 Å². The highest BCUT2D eigenvalue weighted by Gasteiger charge is 2.22. The number of para-hydroxylation sites is 1. The molecule has 0 aromatic heterocycles. The molecule has 5 heteroatoms. The van der Waals surface area contributed by atoms with Crippen LogP contribution in [0.2, 0.25) is 0 Å². The van der Waals surface area contributed by atoms with Crippen LogP contribution in [0, 0.1) is 17.2 Å². The summed E-state index contributed by atoms with van der Waals surface area (Å²) in [6, 6.07) is 19.1. The summed E-state index contributed by atoms with van der Waals surface area (Å²) in [5.41, 5.74) is 2.12. The molecule has 0 fully saturated rings. The van der Waals surface area contributed by atoms with Crippen LogP contribution in [0.1, 0.15) is 31.4 Å². The SMILES string of the molecule is CC(C)C(CO)N(CCC(=O)Nc1ccccc1C#N)Cc1ccccc1. The van der Waals surface area contributed by atoms with Gasteiger partial charge in [-0.2, -0.15) is 5.26 Å². The first-order valence-electron chi connectivity index (χ1n) is 9.23. The largest absolute Gasteiger partial charge is 0.395 e. The zero-order valence-corrected chi connectivity index (χ0v) is 15.9. The molecule has 0 saturated heterocycles. The highest BCUT2D eigenvalue weighted by molar-refractivity contribution is 5.92. The number of aliphatic hydroxyl groups is 1. The first-order chi connectivity index (χ1) is 13.0. The average Bonchev–Trinajstić information content (AvgIpc) is 2.67. The Hall–Kier alpha value is -2.68. The quantitative estimate of drug-likeness (QED) is 0.714. The lowest BCUT2D eigenvalue weighted by Gasteiger charge is -2.33. The zero-order valence-electron chi connectivity index (χ0n) is 15.9. The third-order valence-corrected chi connectivity index (χ3v) is 4.60. The molecule has 0 aliphatic heterocycles. The fraction of sp³-hybridized carbons (Fsp3) is 0.364. The lowest BCUT2D eigenvalue weighted by molar-refractivity contribution is -0.116. The maximum absolute atomic E-state index is 12.4. The molecule has 0 bridgehead atoms. The Morgan fingerprint density at radius 2 is 1.81 bits per heavy atom. The normalized spacial score (nSPS) is 12.0. The maximum Gasteiger partial charge on any atom is 0.225 e. The molecule has 1 unspecified atom stereocenters. The zero-order chi connectivity index (χ0) is 19.6. The van der Waals surface area contributed by atoms with Gasteiger partial charge in [-0.25, -0.2) is 0 Å². The molecule has 27 heavy (non-hydrogen) atoms. The van der Waals surface area contributed by atoms with Crippen LogP contribution < -0.4 is 5.32 Å². The van der Waals surface area contributed by atoms with Crippen molar-refractivity contribution in [1.29, 1.82) is 5.26 Å². The van der Waals surface area contributed by atoms with Crippen molar-refractivity contribution in [2.24, 2.45) is 5.92 Å². The number of carbonyl (C=O) groups is 1. The summed E-state index contributed by atoms with van der Waals surface area (Å²) in [5, 5.41) is 21.8. The van der Waals surface area contributed by atoms with Crippen LogP contribution in [-0.4, -0.2) is 35.1 Å². The van der Waals surface area contributed by atoms with Crippen molar-refractivity contribution in [2.75, 3.05) is 18.5 Å². The molecule has 2 aromatic rings. The molecule has 5 nitrogen and oxygen atoms in total. The standard InChI is InChI=1S/C22H27N3O2/c1-17(2)21(16-26)25(15-18-8-4-3-5-9-18)13-12-22(27)24-20-11-7-6-10-19(20)14-23/h3-11,17,21,26H,12-13,15-16H2,1-2H3,(H,24,27). The Kier molecular flexibility index (Phi) is 8.00. The van der Waals surface area contributed by atoms with Crippen LogP contribution in [0.15, 0.2) is 54.6 Å². The van der Waals surface area contributed by atoms with Gasteiger partial charge >= 0.3 is 0 Å². The van der Waals surface area contributed by atoms with Crippen LogP contribution in [0.25, 0.3) is 0 Å². The summed E-state index contributed by atoms with van der Waals surface area (Å²) in [4.78, 5) is 14.6. The van der Waals surface area contributed by atoms with Crippen molar-refractivity contribution in [2.45, 2.75) is 32.9 Å². The van der Waals surface area contributed by atoms with Crippen LogP contribution in [-0.2, 0) is 11.3 Å². The topological polar surface area (TPSA) is 76.4 Å². The summed E-state index contributed by atoms with van der Waals surface area (Å²) in [5.74, 6) is 0.122. The van der Waals surface area contributed by atoms with Crippen LogP contribution in [0.3, 0.4) is 0 Å². The highest BCUT2D eigenvalue weighted by atomic mass is 16.3. The fourth-order valence-electron chi connectivity index (χ4n) is 3.08. The molecule has 2 rings (SSSR count). The first kappa shape index (κ1) is 20.6. The molecular weight excluding hydrogens is 338 g/mol. The molecule has 0 aliphatic rings. The number of amides is 1. The minimum atomic E-state index is -0.142. The van der Waals surface area contributed by atoms with Gasteiger partial charge in [0.15, 0.2) is 0 Å². The molecule has 2 aromatic carbocycles. The number of carbonyl (C=O) groups excluding carboxylic acids is 1. The van der Waals surface area contributed by atoms with Gasteiger partial charge in [-0.3, -0.25) is 9.69 Å². The Morgan fingerprint density at radius 1 is 1.15 bits per heavy atom. The number of rotatable bonds is 9. The molecule has 0 spiro atoms. The molecule has 1 atom stereocenters. The van der Waals surface area contributed by atoms with E-state index in [9.17, 15) is 9.90 Å². The van der Waals surface area contributed by atoms with E-state index in [0.29, 0.717) is 24.3 Å². The predicted octanol–water partition coefficient (Wildman–Crippen LogP) is 3.41. The second-order valence-electron chi connectivity index (χ2n) is 6.91. The van der Waals surface area contributed by atoms with Gasteiger partial charge in [-0.1, -0.05) is 56.3 Å². The fourth-order valence-corrected chi connectivity index (χ4v) is 3.08.